The third kappa shape index (κ3) is 1.62. The topological polar surface area (TPSA) is 23.6 Å². The maximum absolute atomic E-state index is 11.3. The van der Waals surface area contributed by atoms with E-state index in [4.69, 9.17) is 0 Å². The lowest BCUT2D eigenvalue weighted by molar-refractivity contribution is -0.126. The predicted molar refractivity (Wildman–Crippen MR) is 58.9 cm³/mol. The number of hydrogen-bond donors (Lipinski definition) is 0. The second-order valence-electron chi connectivity index (χ2n) is 3.27. The Morgan fingerprint density at radius 3 is 2.79 bits per heavy atom. The molecule has 74 valence electrons. The summed E-state index contributed by atoms with van der Waals surface area (Å²) in [5, 5.41) is 3.65. The Bertz CT molecular complexity index is 367. The number of hydrogen-bond acceptors (Lipinski definition) is 2. The molecule has 1 aliphatic heterocycles. The zero-order valence-corrected chi connectivity index (χ0v) is 9.49. The summed E-state index contributed by atoms with van der Waals surface area (Å²) in [6, 6.07) is 7.95. The van der Waals surface area contributed by atoms with Gasteiger partial charge in [0.2, 0.25) is 5.91 Å². The highest BCUT2D eigenvalue weighted by atomic mass is 79.9. The monoisotopic (exact) mass is 254 g/mol. The molecule has 14 heavy (non-hydrogen) atoms. The molecule has 0 saturated carbocycles. The van der Waals surface area contributed by atoms with Gasteiger partial charge in [-0.3, -0.25) is 14.8 Å². The Balaban J connectivity index is 2.28. The van der Waals surface area contributed by atoms with E-state index in [-0.39, 0.29) is 5.91 Å². The van der Waals surface area contributed by atoms with Crippen molar-refractivity contribution in [2.45, 2.75) is 6.42 Å². The summed E-state index contributed by atoms with van der Waals surface area (Å²) in [6.45, 7) is 0.770. The summed E-state index contributed by atoms with van der Waals surface area (Å²) >= 11 is 3.41. The van der Waals surface area contributed by atoms with Gasteiger partial charge in [0.25, 0.3) is 0 Å². The van der Waals surface area contributed by atoms with E-state index in [1.165, 1.54) is 0 Å². The SMILES string of the molecule is CN1C(=O)CCN1c1cccc(Br)c1. The summed E-state index contributed by atoms with van der Waals surface area (Å²) in [7, 11) is 1.80. The van der Waals surface area contributed by atoms with Gasteiger partial charge < -0.3 is 0 Å². The van der Waals surface area contributed by atoms with Gasteiger partial charge in [-0.05, 0) is 18.2 Å². The molecule has 1 aromatic carbocycles. The van der Waals surface area contributed by atoms with Gasteiger partial charge in [0.15, 0.2) is 0 Å². The van der Waals surface area contributed by atoms with Crippen LogP contribution in [-0.2, 0) is 4.79 Å². The van der Waals surface area contributed by atoms with Crippen molar-refractivity contribution in [1.82, 2.24) is 5.01 Å². The lowest BCUT2D eigenvalue weighted by Gasteiger charge is -2.26. The number of rotatable bonds is 1. The van der Waals surface area contributed by atoms with Crippen molar-refractivity contribution in [2.24, 2.45) is 0 Å². The zero-order chi connectivity index (χ0) is 10.1. The molecule has 2 rings (SSSR count). The molecule has 0 spiro atoms. The molecule has 1 amide bonds. The number of benzene rings is 1. The quantitative estimate of drug-likeness (QED) is 0.766. The number of amides is 1. The lowest BCUT2D eigenvalue weighted by Crippen LogP contribution is -2.35. The summed E-state index contributed by atoms with van der Waals surface area (Å²) in [4.78, 5) is 11.3. The van der Waals surface area contributed by atoms with Crippen molar-refractivity contribution in [3.63, 3.8) is 0 Å². The third-order valence-corrected chi connectivity index (χ3v) is 2.86. The van der Waals surface area contributed by atoms with Crippen LogP contribution in [0.15, 0.2) is 28.7 Å². The molecule has 1 aromatic rings. The van der Waals surface area contributed by atoms with Crippen molar-refractivity contribution in [2.75, 3.05) is 18.6 Å². The predicted octanol–water partition coefficient (Wildman–Crippen LogP) is 2.03. The second-order valence-corrected chi connectivity index (χ2v) is 4.19. The first-order valence-electron chi connectivity index (χ1n) is 4.48. The van der Waals surface area contributed by atoms with Crippen LogP contribution in [0, 0.1) is 0 Å². The van der Waals surface area contributed by atoms with E-state index >= 15 is 0 Å². The fraction of sp³-hybridized carbons (Fsp3) is 0.300. The molecule has 1 heterocycles. The van der Waals surface area contributed by atoms with Crippen LogP contribution >= 0.6 is 15.9 Å². The normalized spacial score (nSPS) is 16.6. The van der Waals surface area contributed by atoms with Crippen LogP contribution in [0.5, 0.6) is 0 Å². The van der Waals surface area contributed by atoms with Crippen LogP contribution in [0.3, 0.4) is 0 Å². The largest absolute Gasteiger partial charge is 0.283 e. The highest BCUT2D eigenvalue weighted by Gasteiger charge is 2.25. The molecule has 0 unspecified atom stereocenters. The minimum atomic E-state index is 0.171. The van der Waals surface area contributed by atoms with Gasteiger partial charge >= 0.3 is 0 Å². The van der Waals surface area contributed by atoms with Gasteiger partial charge in [0, 0.05) is 24.5 Å². The van der Waals surface area contributed by atoms with Crippen molar-refractivity contribution >= 4 is 27.5 Å². The fourth-order valence-electron chi connectivity index (χ4n) is 1.59. The second kappa shape index (κ2) is 3.61. The van der Waals surface area contributed by atoms with Gasteiger partial charge in [-0.25, -0.2) is 0 Å². The number of carbonyl (C=O) groups is 1. The lowest BCUT2D eigenvalue weighted by atomic mass is 10.3. The van der Waals surface area contributed by atoms with E-state index in [0.29, 0.717) is 6.42 Å². The van der Waals surface area contributed by atoms with Gasteiger partial charge in [0.05, 0.1) is 5.69 Å². The number of carbonyl (C=O) groups excluding carboxylic acids is 1. The third-order valence-electron chi connectivity index (χ3n) is 2.37. The van der Waals surface area contributed by atoms with Crippen LogP contribution < -0.4 is 5.01 Å². The molecule has 0 aromatic heterocycles. The number of anilines is 1. The maximum atomic E-state index is 11.3. The molecule has 0 atom stereocenters. The van der Waals surface area contributed by atoms with E-state index in [1.54, 1.807) is 12.1 Å². The Hall–Kier alpha value is -1.03. The van der Waals surface area contributed by atoms with Gasteiger partial charge in [-0.15, -0.1) is 0 Å². The number of hydrazine groups is 1. The molecule has 4 heteroatoms. The maximum Gasteiger partial charge on any atom is 0.242 e. The van der Waals surface area contributed by atoms with Gasteiger partial charge in [-0.1, -0.05) is 22.0 Å². The van der Waals surface area contributed by atoms with E-state index in [2.05, 4.69) is 15.9 Å². The molecule has 0 N–H and O–H groups in total. The van der Waals surface area contributed by atoms with Crippen molar-refractivity contribution in [3.05, 3.63) is 28.7 Å². The van der Waals surface area contributed by atoms with E-state index in [1.807, 2.05) is 29.3 Å². The molecular formula is C10H11BrN2O. The van der Waals surface area contributed by atoms with Crippen molar-refractivity contribution < 1.29 is 4.79 Å². The average Bonchev–Trinajstić information content (AvgIpc) is 2.48. The first-order valence-corrected chi connectivity index (χ1v) is 5.27. The van der Waals surface area contributed by atoms with Gasteiger partial charge in [-0.2, -0.15) is 0 Å². The fourth-order valence-corrected chi connectivity index (χ4v) is 1.97. The van der Waals surface area contributed by atoms with Gasteiger partial charge in [0.1, 0.15) is 0 Å². The first kappa shape index (κ1) is 9.52. The van der Waals surface area contributed by atoms with E-state index in [9.17, 15) is 4.79 Å². The van der Waals surface area contributed by atoms with E-state index in [0.717, 1.165) is 16.7 Å². The first-order chi connectivity index (χ1) is 6.68. The molecule has 1 saturated heterocycles. The highest BCUT2D eigenvalue weighted by Crippen LogP contribution is 2.24. The smallest absolute Gasteiger partial charge is 0.242 e. The molecular weight excluding hydrogens is 244 g/mol. The minimum Gasteiger partial charge on any atom is -0.283 e. The summed E-state index contributed by atoms with van der Waals surface area (Å²) in [6.07, 6.45) is 0.600. The molecule has 0 bridgehead atoms. The molecule has 3 nitrogen and oxygen atoms in total. The van der Waals surface area contributed by atoms with Crippen LogP contribution in [-0.4, -0.2) is 24.5 Å². The summed E-state index contributed by atoms with van der Waals surface area (Å²) in [5.41, 5.74) is 1.05. The summed E-state index contributed by atoms with van der Waals surface area (Å²) in [5.74, 6) is 0.171. The van der Waals surface area contributed by atoms with Crippen molar-refractivity contribution in [1.29, 1.82) is 0 Å². The Labute approximate surface area is 91.4 Å². The zero-order valence-electron chi connectivity index (χ0n) is 7.90. The Morgan fingerprint density at radius 2 is 2.21 bits per heavy atom. The average molecular weight is 255 g/mol. The molecule has 0 aliphatic carbocycles. The molecule has 1 aliphatic rings. The van der Waals surface area contributed by atoms with Crippen molar-refractivity contribution in [3.8, 4) is 0 Å². The van der Waals surface area contributed by atoms with E-state index < -0.39 is 0 Å². The standard InChI is InChI=1S/C10H11BrN2O/c1-12-10(14)5-6-13(12)9-4-2-3-8(11)7-9/h2-4,7H,5-6H2,1H3. The number of nitrogens with zero attached hydrogens (tertiary/aromatic N) is 2. The summed E-state index contributed by atoms with van der Waals surface area (Å²) < 4.78 is 1.03. The Kier molecular flexibility index (Phi) is 2.46. The Morgan fingerprint density at radius 1 is 1.43 bits per heavy atom. The minimum absolute atomic E-state index is 0.171. The highest BCUT2D eigenvalue weighted by molar-refractivity contribution is 9.10. The van der Waals surface area contributed by atoms with Crippen LogP contribution in [0.1, 0.15) is 6.42 Å². The van der Waals surface area contributed by atoms with Crippen LogP contribution in [0.25, 0.3) is 0 Å². The molecule has 0 radical (unpaired) electrons. The molecule has 1 fully saturated rings. The van der Waals surface area contributed by atoms with Crippen LogP contribution in [0.4, 0.5) is 5.69 Å². The number of halogens is 1. The van der Waals surface area contributed by atoms with Crippen LogP contribution in [0.2, 0.25) is 0 Å².